The van der Waals surface area contributed by atoms with Crippen molar-refractivity contribution in [3.8, 4) is 11.5 Å². The average Bonchev–Trinajstić information content (AvgIpc) is 2.67. The molecule has 10 heteroatoms. The Balaban J connectivity index is 1.85. The van der Waals surface area contributed by atoms with E-state index in [2.05, 4.69) is 5.32 Å². The number of aromatic carboxylic acids is 1. The molecule has 3 rings (SSSR count). The Labute approximate surface area is 167 Å². The van der Waals surface area contributed by atoms with E-state index >= 15 is 0 Å². The summed E-state index contributed by atoms with van der Waals surface area (Å²) >= 11 is 0. The number of carboxylic acids is 1. The number of fused-ring (bicyclic) bond motifs is 1. The maximum Gasteiger partial charge on any atom is 0.335 e. The van der Waals surface area contributed by atoms with Gasteiger partial charge in [0.05, 0.1) is 17.5 Å². The van der Waals surface area contributed by atoms with Crippen molar-refractivity contribution in [3.05, 3.63) is 48.0 Å². The van der Waals surface area contributed by atoms with Crippen LogP contribution in [0.15, 0.2) is 42.5 Å². The highest BCUT2D eigenvalue weighted by Crippen LogP contribution is 2.35. The summed E-state index contributed by atoms with van der Waals surface area (Å²) in [5, 5.41) is 11.5. The number of ether oxygens (including phenoxy) is 2. The van der Waals surface area contributed by atoms with Crippen LogP contribution < -0.4 is 19.1 Å². The van der Waals surface area contributed by atoms with Crippen molar-refractivity contribution in [2.75, 3.05) is 29.1 Å². The van der Waals surface area contributed by atoms with E-state index < -0.39 is 27.9 Å². The lowest BCUT2D eigenvalue weighted by atomic mass is 10.2. The Kier molecular flexibility index (Phi) is 5.64. The minimum Gasteiger partial charge on any atom is -0.486 e. The van der Waals surface area contributed by atoms with Gasteiger partial charge in [0.2, 0.25) is 15.9 Å². The highest BCUT2D eigenvalue weighted by atomic mass is 32.2. The SMILES string of the molecule is C[C@H](C(=O)Nc1ccc(C(=O)O)cc1)N(c1ccc2c(c1)OCCO2)S(C)(=O)=O. The zero-order valence-electron chi connectivity index (χ0n) is 15.8. The highest BCUT2D eigenvalue weighted by molar-refractivity contribution is 7.92. The number of nitrogens with zero attached hydrogens (tertiary/aromatic N) is 1. The summed E-state index contributed by atoms with van der Waals surface area (Å²) in [6, 6.07) is 9.13. The van der Waals surface area contributed by atoms with Crippen LogP contribution in [0.3, 0.4) is 0 Å². The van der Waals surface area contributed by atoms with Gasteiger partial charge >= 0.3 is 5.97 Å². The third kappa shape index (κ3) is 4.60. The summed E-state index contributed by atoms with van der Waals surface area (Å²) in [7, 11) is -3.80. The number of hydrogen-bond donors (Lipinski definition) is 2. The molecule has 1 atom stereocenters. The third-order valence-electron chi connectivity index (χ3n) is 4.27. The summed E-state index contributed by atoms with van der Waals surface area (Å²) in [6.45, 7) is 2.21. The molecule has 1 aliphatic rings. The first-order chi connectivity index (χ1) is 13.7. The molecule has 2 N–H and O–H groups in total. The number of carboxylic acid groups (broad SMARTS) is 1. The number of nitrogens with one attached hydrogen (secondary N) is 1. The number of anilines is 2. The first-order valence-electron chi connectivity index (χ1n) is 8.70. The van der Waals surface area contributed by atoms with E-state index in [0.717, 1.165) is 10.6 Å². The van der Waals surface area contributed by atoms with E-state index in [4.69, 9.17) is 14.6 Å². The molecule has 0 spiro atoms. The van der Waals surface area contributed by atoms with Crippen LogP contribution in [0.2, 0.25) is 0 Å². The van der Waals surface area contributed by atoms with Gasteiger partial charge in [0, 0.05) is 11.8 Å². The van der Waals surface area contributed by atoms with Crippen molar-refractivity contribution in [2.45, 2.75) is 13.0 Å². The number of benzene rings is 2. The van der Waals surface area contributed by atoms with Gasteiger partial charge in [-0.05, 0) is 43.3 Å². The number of carbonyl (C=O) groups is 2. The van der Waals surface area contributed by atoms with Gasteiger partial charge in [0.25, 0.3) is 0 Å². The van der Waals surface area contributed by atoms with Gasteiger partial charge in [0.1, 0.15) is 19.3 Å². The van der Waals surface area contributed by atoms with Crippen LogP contribution in [0.5, 0.6) is 11.5 Å². The molecule has 0 aromatic heterocycles. The number of amides is 1. The molecule has 0 fully saturated rings. The monoisotopic (exact) mass is 420 g/mol. The average molecular weight is 420 g/mol. The van der Waals surface area contributed by atoms with Crippen LogP contribution in [-0.2, 0) is 14.8 Å². The quantitative estimate of drug-likeness (QED) is 0.732. The summed E-state index contributed by atoms with van der Waals surface area (Å²) in [6.07, 6.45) is 1.01. The Morgan fingerprint density at radius 1 is 1.07 bits per heavy atom. The molecular formula is C19H20N2O7S. The lowest BCUT2D eigenvalue weighted by molar-refractivity contribution is -0.116. The van der Waals surface area contributed by atoms with Crippen molar-refractivity contribution in [1.82, 2.24) is 0 Å². The normalized spacial score (nSPS) is 14.0. The molecule has 0 saturated carbocycles. The Bertz CT molecular complexity index is 1040. The van der Waals surface area contributed by atoms with Gasteiger partial charge in [-0.1, -0.05) is 0 Å². The third-order valence-corrected chi connectivity index (χ3v) is 5.51. The van der Waals surface area contributed by atoms with Crippen molar-refractivity contribution in [1.29, 1.82) is 0 Å². The topological polar surface area (TPSA) is 122 Å². The molecule has 0 saturated heterocycles. The molecule has 0 unspecified atom stereocenters. The first kappa shape index (κ1) is 20.5. The fraction of sp³-hybridized carbons (Fsp3) is 0.263. The molecule has 0 radical (unpaired) electrons. The van der Waals surface area contributed by atoms with E-state index in [1.54, 1.807) is 12.1 Å². The van der Waals surface area contributed by atoms with Gasteiger partial charge < -0.3 is 19.9 Å². The predicted octanol–water partition coefficient (Wildman–Crippen LogP) is 1.95. The zero-order chi connectivity index (χ0) is 21.2. The minimum absolute atomic E-state index is 0.0742. The van der Waals surface area contributed by atoms with Crippen molar-refractivity contribution in [3.63, 3.8) is 0 Å². The minimum atomic E-state index is -3.80. The largest absolute Gasteiger partial charge is 0.486 e. The van der Waals surface area contributed by atoms with Crippen LogP contribution in [0.4, 0.5) is 11.4 Å². The summed E-state index contributed by atoms with van der Waals surface area (Å²) in [4.78, 5) is 23.6. The summed E-state index contributed by atoms with van der Waals surface area (Å²) in [5.74, 6) is -0.755. The van der Waals surface area contributed by atoms with Crippen molar-refractivity contribution >= 4 is 33.3 Å². The smallest absolute Gasteiger partial charge is 0.335 e. The van der Waals surface area contributed by atoms with Crippen LogP contribution >= 0.6 is 0 Å². The Morgan fingerprint density at radius 3 is 2.28 bits per heavy atom. The number of sulfonamides is 1. The van der Waals surface area contributed by atoms with Crippen molar-refractivity contribution in [2.24, 2.45) is 0 Å². The first-order valence-corrected chi connectivity index (χ1v) is 10.5. The number of rotatable bonds is 6. The van der Waals surface area contributed by atoms with Crippen LogP contribution in [0.25, 0.3) is 0 Å². The van der Waals surface area contributed by atoms with Gasteiger partial charge in [-0.15, -0.1) is 0 Å². The van der Waals surface area contributed by atoms with Gasteiger partial charge in [-0.25, -0.2) is 13.2 Å². The molecule has 0 bridgehead atoms. The zero-order valence-corrected chi connectivity index (χ0v) is 16.6. The fourth-order valence-electron chi connectivity index (χ4n) is 2.92. The Morgan fingerprint density at radius 2 is 1.69 bits per heavy atom. The van der Waals surface area contributed by atoms with E-state index in [9.17, 15) is 18.0 Å². The van der Waals surface area contributed by atoms with Gasteiger partial charge in [-0.2, -0.15) is 0 Å². The molecule has 1 amide bonds. The second kappa shape index (κ2) is 8.00. The maximum atomic E-state index is 12.7. The van der Waals surface area contributed by atoms with E-state index in [1.807, 2.05) is 0 Å². The van der Waals surface area contributed by atoms with Gasteiger partial charge in [0.15, 0.2) is 11.5 Å². The molecule has 0 aliphatic carbocycles. The second-order valence-corrected chi connectivity index (χ2v) is 8.29. The maximum absolute atomic E-state index is 12.7. The summed E-state index contributed by atoms with van der Waals surface area (Å²) in [5.41, 5.74) is 0.688. The Hall–Kier alpha value is -3.27. The summed E-state index contributed by atoms with van der Waals surface area (Å²) < 4.78 is 36.8. The van der Waals surface area contributed by atoms with E-state index in [0.29, 0.717) is 30.4 Å². The lowest BCUT2D eigenvalue weighted by Crippen LogP contribution is -2.45. The highest BCUT2D eigenvalue weighted by Gasteiger charge is 2.30. The predicted molar refractivity (Wildman–Crippen MR) is 106 cm³/mol. The van der Waals surface area contributed by atoms with Crippen LogP contribution in [-0.4, -0.2) is 50.9 Å². The molecule has 9 nitrogen and oxygen atoms in total. The van der Waals surface area contributed by atoms with Crippen LogP contribution in [0, 0.1) is 0 Å². The number of carbonyl (C=O) groups excluding carboxylic acids is 1. The molecule has 1 heterocycles. The van der Waals surface area contributed by atoms with E-state index in [-0.39, 0.29) is 11.3 Å². The standard InChI is InChI=1S/C19H20N2O7S/c1-12(18(22)20-14-5-3-13(4-6-14)19(23)24)21(29(2,25)26)15-7-8-16-17(11-15)28-10-9-27-16/h3-8,11-12H,9-10H2,1-2H3,(H,20,22)(H,23,24)/t12-/m1/s1. The van der Waals surface area contributed by atoms with Crippen LogP contribution in [0.1, 0.15) is 17.3 Å². The molecular weight excluding hydrogens is 400 g/mol. The van der Waals surface area contributed by atoms with Gasteiger partial charge in [-0.3, -0.25) is 9.10 Å². The van der Waals surface area contributed by atoms with E-state index in [1.165, 1.54) is 37.3 Å². The molecule has 2 aromatic rings. The number of hydrogen-bond acceptors (Lipinski definition) is 6. The molecule has 154 valence electrons. The lowest BCUT2D eigenvalue weighted by Gasteiger charge is -2.29. The van der Waals surface area contributed by atoms with Crippen molar-refractivity contribution < 1.29 is 32.6 Å². The molecule has 1 aliphatic heterocycles. The molecule has 29 heavy (non-hydrogen) atoms. The fourth-order valence-corrected chi connectivity index (χ4v) is 4.09. The second-order valence-electron chi connectivity index (χ2n) is 6.43. The molecule has 2 aromatic carbocycles.